The van der Waals surface area contributed by atoms with Gasteiger partial charge in [-0.25, -0.2) is 4.98 Å². The predicted molar refractivity (Wildman–Crippen MR) is 169 cm³/mol. The number of nitrogens with two attached hydrogens (primary N) is 1. The Hall–Kier alpha value is -3.92. The van der Waals surface area contributed by atoms with Gasteiger partial charge in [-0.3, -0.25) is 19.7 Å². The molecule has 0 spiro atoms. The molecular weight excluding hydrogens is 587 g/mol. The average molecular weight is 622 g/mol. The van der Waals surface area contributed by atoms with Crippen LogP contribution in [0, 0.1) is 0 Å². The largest absolute Gasteiger partial charge is 0.336 e. The van der Waals surface area contributed by atoms with E-state index in [1.54, 1.807) is 35.5 Å². The molecule has 3 atom stereocenters. The molecule has 4 N–H and O–H groups in total. The fraction of sp³-hybridized carbons (Fsp3) is 0.312. The van der Waals surface area contributed by atoms with E-state index in [2.05, 4.69) is 15.3 Å². The average Bonchev–Trinajstić information content (AvgIpc) is 3.50. The summed E-state index contributed by atoms with van der Waals surface area (Å²) in [5, 5.41) is 5.86. The van der Waals surface area contributed by atoms with Crippen LogP contribution in [0.25, 0.3) is 10.8 Å². The van der Waals surface area contributed by atoms with E-state index >= 15 is 0 Å². The first-order valence-electron chi connectivity index (χ1n) is 14.2. The van der Waals surface area contributed by atoms with Gasteiger partial charge in [0.15, 0.2) is 0 Å². The van der Waals surface area contributed by atoms with Crippen LogP contribution in [-0.2, 0) is 27.2 Å². The van der Waals surface area contributed by atoms with Crippen LogP contribution in [-0.4, -0.2) is 68.7 Å². The lowest BCUT2D eigenvalue weighted by Crippen LogP contribution is -2.63. The highest BCUT2D eigenvalue weighted by molar-refractivity contribution is 6.35. The fourth-order valence-corrected chi connectivity index (χ4v) is 6.06. The number of carbonyl (C=O) groups is 3. The number of nitrogens with one attached hydrogen (secondary N) is 2. The van der Waals surface area contributed by atoms with E-state index in [0.29, 0.717) is 35.5 Å². The Kier molecular flexibility index (Phi) is 9.65. The van der Waals surface area contributed by atoms with Gasteiger partial charge in [-0.1, -0.05) is 71.7 Å². The van der Waals surface area contributed by atoms with Crippen LogP contribution >= 0.6 is 23.2 Å². The Labute approximate surface area is 260 Å². The predicted octanol–water partition coefficient (Wildman–Crippen LogP) is 4.83. The Balaban J connectivity index is 1.31. The molecule has 0 radical (unpaired) electrons. The molecule has 1 fully saturated rings. The Bertz CT molecular complexity index is 1610. The number of amides is 3. The number of hydrogen-bond acceptors (Lipinski definition) is 5. The van der Waals surface area contributed by atoms with E-state index in [1.165, 1.54) is 0 Å². The lowest BCUT2D eigenvalue weighted by atomic mass is 9.98. The third-order valence-corrected chi connectivity index (χ3v) is 8.43. The lowest BCUT2D eigenvalue weighted by Gasteiger charge is -2.46. The minimum atomic E-state index is -0.856. The van der Waals surface area contributed by atoms with Gasteiger partial charge in [-0.05, 0) is 53.8 Å². The summed E-state index contributed by atoms with van der Waals surface area (Å²) in [5.41, 5.74) is 8.07. The number of carbonyl (C=O) groups excluding carboxylic acids is 3. The van der Waals surface area contributed by atoms with Crippen molar-refractivity contribution in [2.75, 3.05) is 18.4 Å². The summed E-state index contributed by atoms with van der Waals surface area (Å²) in [4.78, 5) is 50.5. The van der Waals surface area contributed by atoms with Gasteiger partial charge in [-0.2, -0.15) is 0 Å². The van der Waals surface area contributed by atoms with E-state index in [1.807, 2.05) is 54.3 Å². The van der Waals surface area contributed by atoms with Gasteiger partial charge in [-0.15, -0.1) is 0 Å². The fourth-order valence-electron chi connectivity index (χ4n) is 5.58. The van der Waals surface area contributed by atoms with E-state index in [0.717, 1.165) is 21.9 Å². The Morgan fingerprint density at radius 1 is 1.05 bits per heavy atom. The van der Waals surface area contributed by atoms with Crippen molar-refractivity contribution in [3.63, 3.8) is 0 Å². The molecule has 0 bridgehead atoms. The molecule has 1 aliphatic heterocycles. The Morgan fingerprint density at radius 3 is 2.58 bits per heavy atom. The van der Waals surface area contributed by atoms with Crippen molar-refractivity contribution in [1.29, 1.82) is 0 Å². The van der Waals surface area contributed by atoms with Gasteiger partial charge in [0.05, 0.1) is 12.5 Å². The van der Waals surface area contributed by atoms with Crippen LogP contribution in [0.3, 0.4) is 0 Å². The first kappa shape index (κ1) is 30.5. The highest BCUT2D eigenvalue weighted by atomic mass is 35.5. The van der Waals surface area contributed by atoms with Gasteiger partial charge in [0.25, 0.3) is 0 Å². The molecule has 3 amide bonds. The minimum Gasteiger partial charge on any atom is -0.336 e. The van der Waals surface area contributed by atoms with E-state index < -0.39 is 12.1 Å². The maximum Gasteiger partial charge on any atom is 0.240 e. The van der Waals surface area contributed by atoms with Gasteiger partial charge < -0.3 is 20.5 Å². The lowest BCUT2D eigenvalue weighted by molar-refractivity contribution is -0.147. The number of H-pyrrole nitrogens is 1. The molecule has 2 heterocycles. The molecule has 5 rings (SSSR count). The number of benzene rings is 3. The van der Waals surface area contributed by atoms with Crippen LogP contribution in [0.4, 0.5) is 5.95 Å². The Morgan fingerprint density at radius 2 is 1.84 bits per heavy atom. The van der Waals surface area contributed by atoms with Crippen molar-refractivity contribution in [2.45, 2.75) is 50.7 Å². The first-order valence-corrected chi connectivity index (χ1v) is 15.0. The second kappa shape index (κ2) is 13.6. The number of anilines is 1. The van der Waals surface area contributed by atoms with Crippen molar-refractivity contribution < 1.29 is 14.4 Å². The number of piperazine rings is 1. The molecule has 11 heteroatoms. The molecule has 0 saturated carbocycles. The monoisotopic (exact) mass is 620 g/mol. The molecule has 1 aromatic heterocycles. The third-order valence-electron chi connectivity index (χ3n) is 7.85. The van der Waals surface area contributed by atoms with Crippen LogP contribution in [0.1, 0.15) is 30.9 Å². The highest BCUT2D eigenvalue weighted by Crippen LogP contribution is 2.25. The molecule has 0 unspecified atom stereocenters. The van der Waals surface area contributed by atoms with E-state index in [-0.39, 0.29) is 43.0 Å². The highest BCUT2D eigenvalue weighted by Gasteiger charge is 2.38. The van der Waals surface area contributed by atoms with Crippen molar-refractivity contribution in [1.82, 2.24) is 19.8 Å². The molecule has 1 aliphatic rings. The number of hydrogen-bond donors (Lipinski definition) is 3. The third kappa shape index (κ3) is 7.54. The second-order valence-electron chi connectivity index (χ2n) is 11.0. The molecule has 4 aromatic rings. The number of aromatic nitrogens is 2. The standard InChI is InChI=1S/C32H34Cl2N6O3/c1-20-18-40(31(43)28(35)16-24-8-9-25(33)17-27(24)34)26(10-11-29(41)38-32-36-12-13-37-32)19-39(20)30(42)15-21-6-7-22-4-2-3-5-23(22)14-21/h2-9,12-14,17,20,26,28H,10-11,15-16,18-19,35H2,1H3,(H2,36,37,38,41)/t20-,26+,28-/m1/s1. The summed E-state index contributed by atoms with van der Waals surface area (Å²) in [6.07, 6.45) is 4.12. The van der Waals surface area contributed by atoms with Gasteiger partial charge in [0.2, 0.25) is 23.7 Å². The van der Waals surface area contributed by atoms with Gasteiger partial charge in [0, 0.05) is 54.0 Å². The van der Waals surface area contributed by atoms with E-state index in [4.69, 9.17) is 28.9 Å². The van der Waals surface area contributed by atoms with Crippen LogP contribution in [0.15, 0.2) is 73.1 Å². The first-order chi connectivity index (χ1) is 20.7. The quantitative estimate of drug-likeness (QED) is 0.247. The molecule has 9 nitrogen and oxygen atoms in total. The molecule has 1 saturated heterocycles. The molecule has 0 aliphatic carbocycles. The summed E-state index contributed by atoms with van der Waals surface area (Å²) in [7, 11) is 0. The zero-order valence-electron chi connectivity index (χ0n) is 23.8. The zero-order chi connectivity index (χ0) is 30.5. The summed E-state index contributed by atoms with van der Waals surface area (Å²) in [6, 6.07) is 17.7. The number of fused-ring (bicyclic) bond motifs is 1. The molecular formula is C32H34Cl2N6O3. The van der Waals surface area contributed by atoms with Crippen molar-refractivity contribution >= 4 is 57.6 Å². The minimum absolute atomic E-state index is 0.0304. The second-order valence-corrected chi connectivity index (χ2v) is 11.8. The topological polar surface area (TPSA) is 124 Å². The smallest absolute Gasteiger partial charge is 0.240 e. The van der Waals surface area contributed by atoms with Crippen molar-refractivity contribution in [2.24, 2.45) is 5.73 Å². The summed E-state index contributed by atoms with van der Waals surface area (Å²) in [5.74, 6) is -0.176. The number of halogens is 2. The summed E-state index contributed by atoms with van der Waals surface area (Å²) < 4.78 is 0. The normalized spacial score (nSPS) is 17.6. The number of imidazole rings is 1. The SMILES string of the molecule is C[C@@H]1CN(C(=O)[C@H](N)Cc2ccc(Cl)cc2Cl)[C@@H](CCC(=O)Nc2ncc[nH]2)CN1C(=O)Cc1ccc2ccccc2c1. The zero-order valence-corrected chi connectivity index (χ0v) is 25.3. The van der Waals surface area contributed by atoms with Gasteiger partial charge in [0.1, 0.15) is 0 Å². The number of nitrogens with zero attached hydrogens (tertiary/aromatic N) is 3. The van der Waals surface area contributed by atoms with Crippen LogP contribution in [0.2, 0.25) is 10.0 Å². The van der Waals surface area contributed by atoms with E-state index in [9.17, 15) is 14.4 Å². The summed E-state index contributed by atoms with van der Waals surface area (Å²) in [6.45, 7) is 2.52. The van der Waals surface area contributed by atoms with Crippen molar-refractivity contribution in [3.05, 3.63) is 94.2 Å². The maximum atomic E-state index is 13.7. The maximum absolute atomic E-state index is 13.7. The molecule has 3 aromatic carbocycles. The summed E-state index contributed by atoms with van der Waals surface area (Å²) >= 11 is 12.4. The molecule has 43 heavy (non-hydrogen) atoms. The number of rotatable bonds is 9. The number of aromatic amines is 1. The van der Waals surface area contributed by atoms with Crippen LogP contribution in [0.5, 0.6) is 0 Å². The van der Waals surface area contributed by atoms with Crippen molar-refractivity contribution in [3.8, 4) is 0 Å². The van der Waals surface area contributed by atoms with Gasteiger partial charge >= 0.3 is 0 Å². The van der Waals surface area contributed by atoms with Crippen LogP contribution < -0.4 is 11.1 Å². The molecule has 224 valence electrons.